The summed E-state index contributed by atoms with van der Waals surface area (Å²) in [6.45, 7) is 5.72. The van der Waals surface area contributed by atoms with Crippen LogP contribution in [0.2, 0.25) is 0 Å². The number of aromatic nitrogens is 3. The van der Waals surface area contributed by atoms with E-state index in [4.69, 9.17) is 17.3 Å². The van der Waals surface area contributed by atoms with E-state index in [1.54, 1.807) is 11.3 Å². The molecule has 6 heteroatoms. The summed E-state index contributed by atoms with van der Waals surface area (Å²) in [7, 11) is 0. The Kier molecular flexibility index (Phi) is 4.35. The normalized spacial score (nSPS) is 14.7. The Balaban J connectivity index is 1.61. The van der Waals surface area contributed by atoms with Gasteiger partial charge in [-0.15, -0.1) is 16.4 Å². The van der Waals surface area contributed by atoms with E-state index < -0.39 is 0 Å². The van der Waals surface area contributed by atoms with Crippen LogP contribution in [-0.2, 0) is 26.2 Å². The maximum Gasteiger partial charge on any atom is 0.199 e. The second kappa shape index (κ2) is 6.63. The van der Waals surface area contributed by atoms with Crippen molar-refractivity contribution in [1.29, 1.82) is 0 Å². The lowest BCUT2D eigenvalue weighted by Crippen LogP contribution is -2.32. The first-order valence-corrected chi connectivity index (χ1v) is 9.55. The van der Waals surface area contributed by atoms with Gasteiger partial charge in [-0.2, -0.15) is 0 Å². The molecule has 0 aliphatic carbocycles. The lowest BCUT2D eigenvalue weighted by Gasteiger charge is -2.28. The van der Waals surface area contributed by atoms with Gasteiger partial charge in [-0.3, -0.25) is 9.47 Å². The van der Waals surface area contributed by atoms with E-state index in [2.05, 4.69) is 58.2 Å². The lowest BCUT2D eigenvalue weighted by molar-refractivity contribution is 0.188. The second-order valence-electron chi connectivity index (χ2n) is 6.04. The Morgan fingerprint density at radius 2 is 2.00 bits per heavy atom. The van der Waals surface area contributed by atoms with E-state index in [1.165, 1.54) is 16.0 Å². The molecule has 4 nitrogen and oxygen atoms in total. The third-order valence-electron chi connectivity index (χ3n) is 4.52. The van der Waals surface area contributed by atoms with E-state index in [0.29, 0.717) is 0 Å². The molecule has 3 heterocycles. The van der Waals surface area contributed by atoms with Crippen molar-refractivity contribution in [1.82, 2.24) is 19.2 Å². The minimum Gasteiger partial charge on any atom is -0.300 e. The van der Waals surface area contributed by atoms with Gasteiger partial charge in [0.15, 0.2) is 10.6 Å². The fourth-order valence-corrected chi connectivity index (χ4v) is 4.30. The zero-order valence-electron chi connectivity index (χ0n) is 13.7. The molecule has 0 unspecified atom stereocenters. The van der Waals surface area contributed by atoms with Crippen molar-refractivity contribution in [3.63, 3.8) is 0 Å². The standard InChI is InChI=1S/C18H20N4S2/c1-2-21-17(16-8-5-11-24-16)19-22(18(21)23)13-20-10-9-14-6-3-4-7-15(14)12-20/h3-8,11H,2,9-10,12-13H2,1H3. The first-order valence-electron chi connectivity index (χ1n) is 8.27. The third-order valence-corrected chi connectivity index (χ3v) is 5.82. The fraction of sp³-hybridized carbons (Fsp3) is 0.333. The number of thiophene rings is 1. The molecule has 0 N–H and O–H groups in total. The number of rotatable bonds is 4. The van der Waals surface area contributed by atoms with Crippen molar-refractivity contribution < 1.29 is 0 Å². The monoisotopic (exact) mass is 356 g/mol. The summed E-state index contributed by atoms with van der Waals surface area (Å²) in [4.78, 5) is 3.59. The molecule has 0 amide bonds. The lowest BCUT2D eigenvalue weighted by atomic mass is 10.0. The number of hydrogen-bond donors (Lipinski definition) is 0. The molecular formula is C18H20N4S2. The Morgan fingerprint density at radius 1 is 1.17 bits per heavy atom. The molecule has 0 saturated heterocycles. The Hall–Kier alpha value is -1.76. The summed E-state index contributed by atoms with van der Waals surface area (Å²) in [5, 5.41) is 6.90. The molecule has 0 atom stereocenters. The molecule has 0 bridgehead atoms. The first kappa shape index (κ1) is 15.7. The van der Waals surface area contributed by atoms with E-state index in [0.717, 1.165) is 43.3 Å². The van der Waals surface area contributed by atoms with E-state index in [9.17, 15) is 0 Å². The maximum atomic E-state index is 5.67. The summed E-state index contributed by atoms with van der Waals surface area (Å²) in [5.41, 5.74) is 2.89. The van der Waals surface area contributed by atoms with E-state index in [1.807, 2.05) is 4.68 Å². The van der Waals surface area contributed by atoms with Gasteiger partial charge in [-0.25, -0.2) is 4.68 Å². The van der Waals surface area contributed by atoms with Crippen molar-refractivity contribution in [2.24, 2.45) is 0 Å². The maximum absolute atomic E-state index is 5.67. The highest BCUT2D eigenvalue weighted by molar-refractivity contribution is 7.71. The molecule has 3 aromatic rings. The minimum absolute atomic E-state index is 0.749. The van der Waals surface area contributed by atoms with Crippen LogP contribution < -0.4 is 0 Å². The Bertz CT molecular complexity index is 892. The van der Waals surface area contributed by atoms with Gasteiger partial charge in [0.25, 0.3) is 0 Å². The number of fused-ring (bicyclic) bond motifs is 1. The first-order chi connectivity index (χ1) is 11.8. The van der Waals surface area contributed by atoms with Crippen LogP contribution in [0.15, 0.2) is 41.8 Å². The molecule has 0 spiro atoms. The summed E-state index contributed by atoms with van der Waals surface area (Å²) >= 11 is 7.38. The Labute approximate surface area is 151 Å². The van der Waals surface area contributed by atoms with Gasteiger partial charge in [0.1, 0.15) is 0 Å². The van der Waals surface area contributed by atoms with Crippen LogP contribution in [0, 0.1) is 4.77 Å². The summed E-state index contributed by atoms with van der Waals surface area (Å²) < 4.78 is 4.90. The topological polar surface area (TPSA) is 26.0 Å². The van der Waals surface area contributed by atoms with Gasteiger partial charge in [-0.05, 0) is 48.1 Å². The largest absolute Gasteiger partial charge is 0.300 e. The molecule has 0 radical (unpaired) electrons. The van der Waals surface area contributed by atoms with Crippen LogP contribution in [-0.4, -0.2) is 25.8 Å². The van der Waals surface area contributed by atoms with Crippen molar-refractivity contribution in [3.8, 4) is 10.7 Å². The predicted molar refractivity (Wildman–Crippen MR) is 101 cm³/mol. The summed E-state index contributed by atoms with van der Waals surface area (Å²) in [6, 6.07) is 12.9. The van der Waals surface area contributed by atoms with Crippen molar-refractivity contribution in [2.45, 2.75) is 33.1 Å². The zero-order valence-corrected chi connectivity index (χ0v) is 15.3. The van der Waals surface area contributed by atoms with Gasteiger partial charge in [-0.1, -0.05) is 30.3 Å². The highest BCUT2D eigenvalue weighted by atomic mass is 32.1. The van der Waals surface area contributed by atoms with E-state index in [-0.39, 0.29) is 0 Å². The second-order valence-corrected chi connectivity index (χ2v) is 7.35. The highest BCUT2D eigenvalue weighted by Gasteiger charge is 2.18. The molecule has 124 valence electrons. The summed E-state index contributed by atoms with van der Waals surface area (Å²) in [6.07, 6.45) is 1.09. The van der Waals surface area contributed by atoms with Crippen LogP contribution in [0.4, 0.5) is 0 Å². The average Bonchev–Trinajstić information content (AvgIpc) is 3.23. The van der Waals surface area contributed by atoms with Crippen LogP contribution in [0.25, 0.3) is 10.7 Å². The van der Waals surface area contributed by atoms with Crippen LogP contribution in [0.3, 0.4) is 0 Å². The SMILES string of the molecule is CCn1c(-c2cccs2)nn(CN2CCc3ccccc3C2)c1=S. The van der Waals surface area contributed by atoms with E-state index >= 15 is 0 Å². The molecule has 4 rings (SSSR count). The van der Waals surface area contributed by atoms with Gasteiger partial charge in [0, 0.05) is 19.6 Å². The minimum atomic E-state index is 0.749. The number of hydrogen-bond acceptors (Lipinski definition) is 4. The number of benzene rings is 1. The molecule has 2 aromatic heterocycles. The molecule has 1 aliphatic rings. The Morgan fingerprint density at radius 3 is 2.75 bits per heavy atom. The summed E-state index contributed by atoms with van der Waals surface area (Å²) in [5.74, 6) is 0.981. The van der Waals surface area contributed by atoms with Gasteiger partial charge >= 0.3 is 0 Å². The van der Waals surface area contributed by atoms with Crippen LogP contribution in [0.5, 0.6) is 0 Å². The molecule has 0 fully saturated rings. The smallest absolute Gasteiger partial charge is 0.199 e. The van der Waals surface area contributed by atoms with Crippen molar-refractivity contribution in [3.05, 3.63) is 57.7 Å². The third kappa shape index (κ3) is 2.85. The fourth-order valence-electron chi connectivity index (χ4n) is 3.27. The van der Waals surface area contributed by atoms with Gasteiger partial charge < -0.3 is 0 Å². The van der Waals surface area contributed by atoms with Gasteiger partial charge in [0.05, 0.1) is 11.5 Å². The van der Waals surface area contributed by atoms with Gasteiger partial charge in [0.2, 0.25) is 0 Å². The van der Waals surface area contributed by atoms with Crippen molar-refractivity contribution >= 4 is 23.6 Å². The molecule has 1 aliphatic heterocycles. The molecule has 1 aromatic carbocycles. The van der Waals surface area contributed by atoms with Crippen LogP contribution in [0.1, 0.15) is 18.1 Å². The molecule has 0 saturated carbocycles. The van der Waals surface area contributed by atoms with Crippen LogP contribution >= 0.6 is 23.6 Å². The highest BCUT2D eigenvalue weighted by Crippen LogP contribution is 2.24. The zero-order chi connectivity index (χ0) is 16.5. The average molecular weight is 357 g/mol. The van der Waals surface area contributed by atoms with Crippen molar-refractivity contribution in [2.75, 3.05) is 6.54 Å². The molecule has 24 heavy (non-hydrogen) atoms. The number of nitrogens with zero attached hydrogens (tertiary/aromatic N) is 4. The predicted octanol–water partition coefficient (Wildman–Crippen LogP) is 4.18. The molecular weight excluding hydrogens is 336 g/mol. The quantitative estimate of drug-likeness (QED) is 0.656.